The van der Waals surface area contributed by atoms with Crippen LogP contribution < -0.4 is 5.32 Å². The number of rotatable bonds is 8. The van der Waals surface area contributed by atoms with Gasteiger partial charge in [0.15, 0.2) is 5.92 Å². The van der Waals surface area contributed by atoms with Crippen LogP contribution in [0.2, 0.25) is 0 Å². The average molecular weight is 545 g/mol. The monoisotopic (exact) mass is 544 g/mol. The lowest BCUT2D eigenvalue weighted by Gasteiger charge is -2.48. The van der Waals surface area contributed by atoms with E-state index in [-0.39, 0.29) is 11.6 Å². The molecule has 1 aromatic rings. The summed E-state index contributed by atoms with van der Waals surface area (Å²) in [6, 6.07) is 6.08. The number of carbonyl (C=O) groups excluding carboxylic acids is 2. The van der Waals surface area contributed by atoms with Crippen LogP contribution in [0.1, 0.15) is 111 Å². The Morgan fingerprint density at radius 1 is 0.974 bits per heavy atom. The summed E-state index contributed by atoms with van der Waals surface area (Å²) in [5.41, 5.74) is 1.25. The zero-order valence-corrected chi connectivity index (χ0v) is 25.8. The number of nitrogens with zero attached hydrogens (tertiary/aromatic N) is 1. The van der Waals surface area contributed by atoms with Crippen molar-refractivity contribution in [1.82, 2.24) is 4.90 Å². The molecule has 1 aliphatic carbocycles. The summed E-state index contributed by atoms with van der Waals surface area (Å²) in [5, 5.41) is 3.70. The van der Waals surface area contributed by atoms with E-state index in [0.29, 0.717) is 11.7 Å². The molecular formula is C32H52N2O5. The molecule has 0 amide bonds. The third-order valence-electron chi connectivity index (χ3n) is 7.83. The molecule has 0 aromatic heterocycles. The first-order chi connectivity index (χ1) is 18.1. The molecule has 1 aromatic carbocycles. The Morgan fingerprint density at radius 3 is 2.00 bits per heavy atom. The molecule has 1 heterocycles. The highest BCUT2D eigenvalue weighted by Gasteiger charge is 2.40. The molecule has 2 aliphatic rings. The van der Waals surface area contributed by atoms with Gasteiger partial charge in [0.1, 0.15) is 11.2 Å². The fourth-order valence-electron chi connectivity index (χ4n) is 5.83. The maximum absolute atomic E-state index is 13.4. The average Bonchev–Trinajstić information content (AvgIpc) is 2.80. The van der Waals surface area contributed by atoms with Crippen molar-refractivity contribution in [2.24, 2.45) is 0 Å². The van der Waals surface area contributed by atoms with E-state index in [0.717, 1.165) is 56.6 Å². The second kappa shape index (κ2) is 12.6. The number of aryl methyl sites for hydroxylation is 1. The molecule has 0 spiro atoms. The number of likely N-dealkylation sites (tertiary alicyclic amines) is 1. The Labute approximate surface area is 236 Å². The molecule has 0 radical (unpaired) electrons. The van der Waals surface area contributed by atoms with Gasteiger partial charge in [0.05, 0.1) is 6.10 Å². The normalized spacial score (nSPS) is 23.5. The molecule has 39 heavy (non-hydrogen) atoms. The van der Waals surface area contributed by atoms with Gasteiger partial charge < -0.3 is 19.5 Å². The van der Waals surface area contributed by atoms with Gasteiger partial charge in [0.2, 0.25) is 0 Å². The highest BCUT2D eigenvalue weighted by Crippen LogP contribution is 2.37. The van der Waals surface area contributed by atoms with Crippen molar-refractivity contribution in [2.45, 2.75) is 136 Å². The highest BCUT2D eigenvalue weighted by molar-refractivity contribution is 6.02. The SMILES string of the molecule is CCOC1CCC(C)(N2CCC(Nc3cc(C)ccc3C(C(=O)OC(C)(C)C)C(=O)OC(C)(C)C)CC2)CC1. The molecular weight excluding hydrogens is 492 g/mol. The summed E-state index contributed by atoms with van der Waals surface area (Å²) < 4.78 is 17.3. The standard InChI is InChI=1S/C32H52N2O5/c1-10-37-24-13-17-32(9,18-14-24)34-19-15-23(16-20-34)33-26-21-22(2)11-12-25(26)27(28(35)38-30(3,4)5)29(36)39-31(6,7)8/h11-12,21,23-24,27,33H,10,13-20H2,1-9H3. The maximum atomic E-state index is 13.4. The van der Waals surface area contributed by atoms with E-state index in [4.69, 9.17) is 14.2 Å². The Balaban J connectivity index is 1.76. The number of hydrogen-bond donors (Lipinski definition) is 1. The van der Waals surface area contributed by atoms with Crippen molar-refractivity contribution in [1.29, 1.82) is 0 Å². The molecule has 1 saturated heterocycles. The van der Waals surface area contributed by atoms with E-state index in [1.807, 2.05) is 66.7 Å². The first-order valence-corrected chi connectivity index (χ1v) is 14.8. The van der Waals surface area contributed by atoms with Gasteiger partial charge in [-0.2, -0.15) is 0 Å². The summed E-state index contributed by atoms with van der Waals surface area (Å²) in [7, 11) is 0. The number of nitrogens with one attached hydrogen (secondary N) is 1. The Kier molecular flexibility index (Phi) is 10.1. The van der Waals surface area contributed by atoms with Crippen LogP contribution in [0.3, 0.4) is 0 Å². The van der Waals surface area contributed by atoms with Crippen molar-refractivity contribution in [2.75, 3.05) is 25.0 Å². The topological polar surface area (TPSA) is 77.1 Å². The molecule has 1 N–H and O–H groups in total. The number of esters is 2. The van der Waals surface area contributed by atoms with E-state index in [2.05, 4.69) is 24.1 Å². The predicted molar refractivity (Wildman–Crippen MR) is 156 cm³/mol. The smallest absolute Gasteiger partial charge is 0.325 e. The number of carbonyl (C=O) groups is 2. The van der Waals surface area contributed by atoms with E-state index >= 15 is 0 Å². The van der Waals surface area contributed by atoms with E-state index in [1.54, 1.807) is 0 Å². The van der Waals surface area contributed by atoms with Gasteiger partial charge in [-0.25, -0.2) is 0 Å². The minimum absolute atomic E-state index is 0.228. The second-order valence-corrected chi connectivity index (χ2v) is 13.6. The number of anilines is 1. The van der Waals surface area contributed by atoms with Crippen molar-refractivity contribution < 1.29 is 23.8 Å². The zero-order chi connectivity index (χ0) is 29.0. The molecule has 2 fully saturated rings. The van der Waals surface area contributed by atoms with Gasteiger partial charge in [0.25, 0.3) is 0 Å². The number of ether oxygens (including phenoxy) is 3. The largest absolute Gasteiger partial charge is 0.459 e. The molecule has 220 valence electrons. The van der Waals surface area contributed by atoms with Crippen molar-refractivity contribution in [3.63, 3.8) is 0 Å². The van der Waals surface area contributed by atoms with Crippen LogP contribution in [-0.4, -0.2) is 65.4 Å². The minimum atomic E-state index is -1.16. The molecule has 0 unspecified atom stereocenters. The Morgan fingerprint density at radius 2 is 1.51 bits per heavy atom. The van der Waals surface area contributed by atoms with Gasteiger partial charge in [-0.3, -0.25) is 14.5 Å². The van der Waals surface area contributed by atoms with Gasteiger partial charge >= 0.3 is 11.9 Å². The number of benzene rings is 1. The molecule has 7 heteroatoms. The summed E-state index contributed by atoms with van der Waals surface area (Å²) in [6.07, 6.45) is 7.02. The van der Waals surface area contributed by atoms with Crippen molar-refractivity contribution in [3.05, 3.63) is 29.3 Å². The van der Waals surface area contributed by atoms with E-state index in [1.165, 1.54) is 12.8 Å². The fourth-order valence-corrected chi connectivity index (χ4v) is 5.83. The Bertz CT molecular complexity index is 949. The minimum Gasteiger partial charge on any atom is -0.459 e. The first-order valence-electron chi connectivity index (χ1n) is 14.8. The van der Waals surface area contributed by atoms with Crippen molar-refractivity contribution in [3.8, 4) is 0 Å². The van der Waals surface area contributed by atoms with Crippen molar-refractivity contribution >= 4 is 17.6 Å². The quantitative estimate of drug-likeness (QED) is 0.301. The van der Waals surface area contributed by atoms with Crippen LogP contribution in [0.5, 0.6) is 0 Å². The molecule has 7 nitrogen and oxygen atoms in total. The van der Waals surface area contributed by atoms with E-state index < -0.39 is 29.1 Å². The van der Waals surface area contributed by atoms with Crippen LogP contribution in [0, 0.1) is 6.92 Å². The lowest BCUT2D eigenvalue weighted by molar-refractivity contribution is -0.169. The van der Waals surface area contributed by atoms with Gasteiger partial charge in [-0.1, -0.05) is 12.1 Å². The van der Waals surface area contributed by atoms with Crippen LogP contribution in [0.15, 0.2) is 18.2 Å². The van der Waals surface area contributed by atoms with Gasteiger partial charge in [-0.15, -0.1) is 0 Å². The molecule has 0 atom stereocenters. The summed E-state index contributed by atoms with van der Waals surface area (Å²) >= 11 is 0. The lowest BCUT2D eigenvalue weighted by atomic mass is 9.79. The summed E-state index contributed by atoms with van der Waals surface area (Å²) in [4.78, 5) is 29.4. The van der Waals surface area contributed by atoms with Crippen LogP contribution >= 0.6 is 0 Å². The third-order valence-corrected chi connectivity index (χ3v) is 7.83. The lowest BCUT2D eigenvalue weighted by Crippen LogP contribution is -2.54. The maximum Gasteiger partial charge on any atom is 0.325 e. The Hall–Kier alpha value is -2.12. The number of hydrogen-bond acceptors (Lipinski definition) is 7. The van der Waals surface area contributed by atoms with E-state index in [9.17, 15) is 9.59 Å². The zero-order valence-electron chi connectivity index (χ0n) is 25.8. The highest BCUT2D eigenvalue weighted by atomic mass is 16.6. The molecule has 3 rings (SSSR count). The van der Waals surface area contributed by atoms with Gasteiger partial charge in [-0.05, 0) is 112 Å². The van der Waals surface area contributed by atoms with Gasteiger partial charge in [0, 0.05) is 42.5 Å². The summed E-state index contributed by atoms with van der Waals surface area (Å²) in [6.45, 7) is 20.2. The molecule has 0 bridgehead atoms. The van der Waals surface area contributed by atoms with Crippen LogP contribution in [0.4, 0.5) is 5.69 Å². The first kappa shape index (κ1) is 31.4. The third kappa shape index (κ3) is 8.94. The number of piperidine rings is 1. The summed E-state index contributed by atoms with van der Waals surface area (Å²) in [5.74, 6) is -2.34. The van der Waals surface area contributed by atoms with Crippen LogP contribution in [-0.2, 0) is 23.8 Å². The van der Waals surface area contributed by atoms with Crippen LogP contribution in [0.25, 0.3) is 0 Å². The fraction of sp³-hybridized carbons (Fsp3) is 0.750. The predicted octanol–water partition coefficient (Wildman–Crippen LogP) is 6.38. The second-order valence-electron chi connectivity index (χ2n) is 13.6. The molecule has 1 saturated carbocycles. The molecule has 1 aliphatic heterocycles.